The van der Waals surface area contributed by atoms with Gasteiger partial charge < -0.3 is 0 Å². The Morgan fingerprint density at radius 2 is 0.597 bits per heavy atom. The van der Waals surface area contributed by atoms with E-state index in [1.54, 1.807) is 0 Å². The van der Waals surface area contributed by atoms with Gasteiger partial charge in [-0.1, -0.05) is 0 Å². The van der Waals surface area contributed by atoms with E-state index < -0.39 is 19.4 Å². The van der Waals surface area contributed by atoms with E-state index >= 15 is 0 Å². The second-order valence-electron chi connectivity index (χ2n) is 30.3. The molecule has 0 radical (unpaired) electrons. The van der Waals surface area contributed by atoms with Gasteiger partial charge in [0.1, 0.15) is 0 Å². The van der Waals surface area contributed by atoms with Crippen molar-refractivity contribution in [3.05, 3.63) is 127 Å². The van der Waals surface area contributed by atoms with Crippen LogP contribution in [0.15, 0.2) is 60.7 Å². The molecule has 2 unspecified atom stereocenters. The second-order valence-corrected chi connectivity index (χ2v) is 33.7. The summed E-state index contributed by atoms with van der Waals surface area (Å²) in [6, 6.07) is 20.3. The summed E-state index contributed by atoms with van der Waals surface area (Å²) in [5, 5.41) is 23.5. The predicted octanol–water partition coefficient (Wildman–Crippen LogP) is 15.8. The summed E-state index contributed by atoms with van der Waals surface area (Å²) in [6.45, 7) is 52.8. The van der Waals surface area contributed by atoms with E-state index in [1.165, 1.54) is 11.1 Å². The van der Waals surface area contributed by atoms with Crippen LogP contribution in [0.4, 0.5) is 0 Å². The summed E-state index contributed by atoms with van der Waals surface area (Å²) in [7, 11) is -1.63. The fourth-order valence-electron chi connectivity index (χ4n) is 10.3. The third kappa shape index (κ3) is 15.0. The number of nitrogens with zero attached hydrogens (tertiary/aromatic N) is 2. The first-order chi connectivity index (χ1) is 31.9. The molecule has 404 valence electrons. The Kier molecular flexibility index (Phi) is 17.0. The number of phenols is 2. The molecule has 0 fully saturated rings. The molecule has 0 aliphatic rings. The van der Waals surface area contributed by atoms with Crippen LogP contribution in [0.5, 0.6) is 11.5 Å². The van der Waals surface area contributed by atoms with Crippen molar-refractivity contribution in [1.29, 1.82) is 0 Å². The number of benzene rings is 4. The molecule has 4 aromatic rings. The van der Waals surface area contributed by atoms with E-state index in [-0.39, 0.29) is 55.6 Å². The van der Waals surface area contributed by atoms with Crippen molar-refractivity contribution in [2.45, 2.75) is 235 Å². The number of hydrogen-bond acceptors (Lipinski definition) is 7. The molecular formula is C64H103N2O5P. The Balaban J connectivity index is 2.06. The topological polar surface area (TPSA) is 108 Å². The van der Waals surface area contributed by atoms with Gasteiger partial charge in [0.25, 0.3) is 0 Å². The molecule has 0 saturated carbocycles. The second kappa shape index (κ2) is 20.0. The number of aromatic hydroxyl groups is 2. The standard InChI is InChI=1S/C64H103N2O5P/c1-57(2,3)43-27-29-45(47(35-43)59(7,8)9)53(65(25)37-41-31-49(61(13,14)15)55(67)50(32-41)62(16,17)18)39-72(69,70,71)40-54(46-30-28-44(58(4,5)6)36-48(46)60(10,11)12)66(26)38-42-33-51(63(19,20)21)56(68)52(34-42)64(22,23)24/h27-36,53-54,67-71H,37-40H2,1-26H3. The SMILES string of the molecule is CN(Cc1cc(C(C)(C)C)c(O)c(C(C)(C)C)c1)C(CP(O)(O)(O)CC(c1ccc(C(C)(C)C)cc1C(C)(C)C)N(C)Cc1cc(C(C)(C)C)c(O)c(C(C)(C)C)c1)c1ccc(C(C)(C)C)cc1C(C)(C)C. The monoisotopic (exact) mass is 1010 g/mol. The van der Waals surface area contributed by atoms with Gasteiger partial charge in [-0.05, 0) is 0 Å². The molecule has 0 aliphatic heterocycles. The van der Waals surface area contributed by atoms with Crippen molar-refractivity contribution in [3.63, 3.8) is 0 Å². The first kappa shape index (κ1) is 61.3. The first-order valence-electron chi connectivity index (χ1n) is 26.6. The normalized spacial score (nSPS) is 15.5. The molecule has 0 spiro atoms. The molecule has 0 saturated heterocycles. The third-order valence-electron chi connectivity index (χ3n) is 14.8. The fraction of sp³-hybridized carbons (Fsp3) is 0.625. The molecule has 0 heterocycles. The molecule has 0 amide bonds. The van der Waals surface area contributed by atoms with Crippen LogP contribution < -0.4 is 0 Å². The Bertz CT molecular complexity index is 2310. The zero-order chi connectivity index (χ0) is 55.7. The predicted molar refractivity (Wildman–Crippen MR) is 310 cm³/mol. The van der Waals surface area contributed by atoms with Crippen molar-refractivity contribution >= 4 is 7.28 Å². The Hall–Kier alpha value is -3.29. The number of phenolic OH excluding ortho intramolecular Hbond substituents is 2. The zero-order valence-corrected chi connectivity index (χ0v) is 51.2. The quantitative estimate of drug-likeness (QED) is 0.0900. The summed E-state index contributed by atoms with van der Waals surface area (Å²) in [5.74, 6) is 0.627. The Morgan fingerprint density at radius 3 is 0.806 bits per heavy atom. The van der Waals surface area contributed by atoms with E-state index in [1.807, 2.05) is 14.1 Å². The Labute approximate surface area is 440 Å². The van der Waals surface area contributed by atoms with Crippen LogP contribution in [0.3, 0.4) is 0 Å². The third-order valence-corrected chi connectivity index (χ3v) is 17.0. The van der Waals surface area contributed by atoms with Gasteiger partial charge in [0.05, 0.1) is 0 Å². The van der Waals surface area contributed by atoms with Gasteiger partial charge in [-0.3, -0.25) is 0 Å². The first-order valence-corrected chi connectivity index (χ1v) is 29.1. The van der Waals surface area contributed by atoms with Crippen LogP contribution >= 0.6 is 7.28 Å². The molecule has 2 atom stereocenters. The molecule has 8 heteroatoms. The number of hydrogen-bond donors (Lipinski definition) is 5. The van der Waals surface area contributed by atoms with Crippen LogP contribution in [0.2, 0.25) is 0 Å². The summed E-state index contributed by atoms with van der Waals surface area (Å²) in [4.78, 5) is 44.0. The van der Waals surface area contributed by atoms with Crippen LogP contribution in [0.25, 0.3) is 0 Å². The summed E-state index contributed by atoms with van der Waals surface area (Å²) in [6.07, 6.45) is -0.597. The van der Waals surface area contributed by atoms with E-state index in [9.17, 15) is 24.9 Å². The van der Waals surface area contributed by atoms with E-state index in [0.29, 0.717) is 24.6 Å². The maximum absolute atomic E-state index is 13.2. The van der Waals surface area contributed by atoms with Gasteiger partial charge in [0.15, 0.2) is 0 Å². The van der Waals surface area contributed by atoms with Crippen molar-refractivity contribution in [2.24, 2.45) is 0 Å². The van der Waals surface area contributed by atoms with Gasteiger partial charge in [-0.25, -0.2) is 0 Å². The van der Waals surface area contributed by atoms with Gasteiger partial charge >= 0.3 is 442 Å². The van der Waals surface area contributed by atoms with Crippen LogP contribution in [-0.4, -0.2) is 61.1 Å². The molecule has 7 nitrogen and oxygen atoms in total. The van der Waals surface area contributed by atoms with Crippen LogP contribution in [-0.2, 0) is 56.4 Å². The molecule has 4 rings (SSSR count). The molecule has 0 bridgehead atoms. The van der Waals surface area contributed by atoms with Gasteiger partial charge in [0.2, 0.25) is 0 Å². The minimum absolute atomic E-state index is 0.132. The molecular weight excluding hydrogens is 908 g/mol. The van der Waals surface area contributed by atoms with Crippen molar-refractivity contribution in [1.82, 2.24) is 9.80 Å². The van der Waals surface area contributed by atoms with E-state index in [4.69, 9.17) is 0 Å². The number of rotatable bonds is 12. The van der Waals surface area contributed by atoms with Crippen molar-refractivity contribution in [2.75, 3.05) is 26.4 Å². The fourth-order valence-corrected chi connectivity index (χ4v) is 12.8. The molecule has 0 aliphatic carbocycles. The Morgan fingerprint density at radius 1 is 0.361 bits per heavy atom. The van der Waals surface area contributed by atoms with Gasteiger partial charge in [-0.15, -0.1) is 0 Å². The average molecular weight is 1010 g/mol. The van der Waals surface area contributed by atoms with Crippen LogP contribution in [0, 0.1) is 0 Å². The van der Waals surface area contributed by atoms with E-state index in [2.05, 4.69) is 237 Å². The van der Waals surface area contributed by atoms with E-state index in [0.717, 1.165) is 55.6 Å². The minimum atomic E-state index is -5.68. The average Bonchev–Trinajstić information content (AvgIpc) is 3.16. The van der Waals surface area contributed by atoms with Gasteiger partial charge in [0, 0.05) is 0 Å². The molecule has 4 aromatic carbocycles. The molecule has 5 N–H and O–H groups in total. The van der Waals surface area contributed by atoms with Crippen LogP contribution in [0.1, 0.15) is 245 Å². The summed E-state index contributed by atoms with van der Waals surface area (Å²) < 4.78 is 0. The molecule has 0 aromatic heterocycles. The maximum atomic E-state index is 13.2. The molecule has 72 heavy (non-hydrogen) atoms. The summed E-state index contributed by atoms with van der Waals surface area (Å²) in [5.41, 5.74) is 9.60. The van der Waals surface area contributed by atoms with Crippen molar-refractivity contribution < 1.29 is 24.9 Å². The summed E-state index contributed by atoms with van der Waals surface area (Å²) >= 11 is 0. The zero-order valence-electron chi connectivity index (χ0n) is 50.3. The van der Waals surface area contributed by atoms with Gasteiger partial charge in [-0.2, -0.15) is 0 Å². The van der Waals surface area contributed by atoms with Crippen molar-refractivity contribution in [3.8, 4) is 11.5 Å².